The zero-order valence-corrected chi connectivity index (χ0v) is 8.77. The van der Waals surface area contributed by atoms with Gasteiger partial charge in [0.1, 0.15) is 0 Å². The van der Waals surface area contributed by atoms with Gasteiger partial charge in [-0.3, -0.25) is 10.1 Å². The molecule has 0 aromatic heterocycles. The zero-order valence-electron chi connectivity index (χ0n) is 6.44. The number of hydrogen-bond donors (Lipinski definition) is 1. The second-order valence-corrected chi connectivity index (χ2v) is 3.97. The number of nitro benzene ring substituents is 1. The molecule has 0 aliphatic heterocycles. The third-order valence-electron chi connectivity index (χ3n) is 1.38. The van der Waals surface area contributed by atoms with E-state index in [2.05, 4.69) is 0 Å². The van der Waals surface area contributed by atoms with Gasteiger partial charge in [-0.15, -0.1) is 0 Å². The van der Waals surface area contributed by atoms with Crippen molar-refractivity contribution >= 4 is 40.0 Å². The number of nitrogens with zero attached hydrogens (tertiary/aromatic N) is 1. The summed E-state index contributed by atoms with van der Waals surface area (Å²) in [6.45, 7) is 0. The van der Waals surface area contributed by atoms with Crippen molar-refractivity contribution in [3.05, 3.63) is 32.3 Å². The van der Waals surface area contributed by atoms with E-state index in [1.54, 1.807) is 0 Å². The number of nitro groups is 1. The third-order valence-corrected chi connectivity index (χ3v) is 2.99. The molecule has 1 aromatic rings. The Balaban J connectivity index is 3.43. The minimum absolute atomic E-state index is 0.127. The lowest BCUT2D eigenvalue weighted by Gasteiger charge is -2.01. The van der Waals surface area contributed by atoms with Gasteiger partial charge >= 0.3 is 0 Å². The fraction of sp³-hybridized carbons (Fsp3) is 0. The molecule has 0 bridgehead atoms. The van der Waals surface area contributed by atoms with Crippen molar-refractivity contribution in [1.82, 2.24) is 0 Å². The van der Waals surface area contributed by atoms with Crippen LogP contribution in [0.4, 0.5) is 5.69 Å². The van der Waals surface area contributed by atoms with Crippen LogP contribution < -0.4 is 0 Å². The van der Waals surface area contributed by atoms with Crippen LogP contribution in [0.1, 0.15) is 0 Å². The molecule has 0 fully saturated rings. The molecule has 14 heavy (non-hydrogen) atoms. The van der Waals surface area contributed by atoms with Gasteiger partial charge in [0, 0.05) is 12.1 Å². The number of non-ortho nitro benzene ring substituents is 1. The lowest BCUT2D eigenvalue weighted by molar-refractivity contribution is -0.385. The van der Waals surface area contributed by atoms with E-state index in [-0.39, 0.29) is 20.6 Å². The molecule has 1 atom stereocenters. The molecule has 0 saturated carbocycles. The van der Waals surface area contributed by atoms with Crippen LogP contribution in [-0.4, -0.2) is 13.7 Å². The average molecular weight is 256 g/mol. The third kappa shape index (κ3) is 2.21. The highest BCUT2D eigenvalue weighted by atomic mass is 35.5. The van der Waals surface area contributed by atoms with Gasteiger partial charge in [-0.25, -0.2) is 4.21 Å². The topological polar surface area (TPSA) is 80.4 Å². The Morgan fingerprint density at radius 1 is 1.43 bits per heavy atom. The largest absolute Gasteiger partial charge is 0.302 e. The molecule has 0 aliphatic rings. The van der Waals surface area contributed by atoms with Crippen molar-refractivity contribution in [3.8, 4) is 0 Å². The second-order valence-electron chi connectivity index (χ2n) is 2.25. The lowest BCUT2D eigenvalue weighted by atomic mass is 10.3. The Morgan fingerprint density at radius 3 is 2.43 bits per heavy atom. The molecular weight excluding hydrogens is 253 g/mol. The predicted molar refractivity (Wildman–Crippen MR) is 52.2 cm³/mol. The van der Waals surface area contributed by atoms with Gasteiger partial charge < -0.3 is 4.55 Å². The van der Waals surface area contributed by atoms with Crippen LogP contribution in [0, 0.1) is 10.1 Å². The molecule has 1 unspecified atom stereocenters. The average Bonchev–Trinajstić information content (AvgIpc) is 2.08. The van der Waals surface area contributed by atoms with E-state index in [0.29, 0.717) is 0 Å². The highest BCUT2D eigenvalue weighted by molar-refractivity contribution is 7.79. The van der Waals surface area contributed by atoms with Crippen molar-refractivity contribution in [2.24, 2.45) is 0 Å². The monoisotopic (exact) mass is 255 g/mol. The van der Waals surface area contributed by atoms with Gasteiger partial charge in [-0.2, -0.15) is 0 Å². The summed E-state index contributed by atoms with van der Waals surface area (Å²) in [4.78, 5) is 9.37. The second kappa shape index (κ2) is 4.22. The Hall–Kier alpha value is -0.690. The highest BCUT2D eigenvalue weighted by Gasteiger charge is 2.17. The lowest BCUT2D eigenvalue weighted by Crippen LogP contribution is -1.94. The summed E-state index contributed by atoms with van der Waals surface area (Å²) in [5.74, 6) is 0. The van der Waals surface area contributed by atoms with Crippen LogP contribution in [0.15, 0.2) is 17.0 Å². The number of halogens is 2. The molecule has 0 amide bonds. The van der Waals surface area contributed by atoms with Crippen LogP contribution in [-0.2, 0) is 11.1 Å². The van der Waals surface area contributed by atoms with E-state index in [0.717, 1.165) is 12.1 Å². The standard InChI is InChI=1S/C6H3Cl2NO4S/c7-4-1-3(9(10)11)2-5(6(4)8)14(12)13/h1-2H,(H,12,13). The maximum atomic E-state index is 10.7. The Labute approximate surface area is 91.1 Å². The number of benzene rings is 1. The summed E-state index contributed by atoms with van der Waals surface area (Å²) in [6, 6.07) is 1.92. The predicted octanol–water partition coefficient (Wildman–Crippen LogP) is 2.48. The minimum Gasteiger partial charge on any atom is -0.302 e. The summed E-state index contributed by atoms with van der Waals surface area (Å²) in [6.07, 6.45) is 0. The fourth-order valence-corrected chi connectivity index (χ4v) is 1.84. The smallest absolute Gasteiger partial charge is 0.272 e. The molecule has 1 N–H and O–H groups in total. The molecule has 76 valence electrons. The van der Waals surface area contributed by atoms with Gasteiger partial charge in [0.05, 0.1) is 19.9 Å². The molecule has 1 rings (SSSR count). The van der Waals surface area contributed by atoms with E-state index < -0.39 is 16.0 Å². The molecule has 0 heterocycles. The first-order chi connectivity index (χ1) is 6.43. The van der Waals surface area contributed by atoms with E-state index in [1.807, 2.05) is 0 Å². The molecule has 5 nitrogen and oxygen atoms in total. The SMILES string of the molecule is O=[N+]([O-])c1cc(Cl)c(Cl)c(S(=O)O)c1. The van der Waals surface area contributed by atoms with Crippen molar-refractivity contribution in [3.63, 3.8) is 0 Å². The van der Waals surface area contributed by atoms with E-state index in [4.69, 9.17) is 27.8 Å². The Bertz CT molecular complexity index is 423. The maximum absolute atomic E-state index is 10.7. The minimum atomic E-state index is -2.40. The van der Waals surface area contributed by atoms with Crippen LogP contribution >= 0.6 is 23.2 Å². The first kappa shape index (κ1) is 11.4. The van der Waals surface area contributed by atoms with Crippen LogP contribution in [0.2, 0.25) is 10.0 Å². The molecular formula is C6H3Cl2NO4S. The Kier molecular flexibility index (Phi) is 3.43. The van der Waals surface area contributed by atoms with Crippen molar-refractivity contribution < 1.29 is 13.7 Å². The summed E-state index contributed by atoms with van der Waals surface area (Å²) < 4.78 is 19.4. The van der Waals surface area contributed by atoms with Crippen molar-refractivity contribution in [2.45, 2.75) is 4.90 Å². The van der Waals surface area contributed by atoms with Crippen molar-refractivity contribution in [1.29, 1.82) is 0 Å². The van der Waals surface area contributed by atoms with Crippen LogP contribution in [0.25, 0.3) is 0 Å². The summed E-state index contributed by atoms with van der Waals surface area (Å²) in [7, 11) is 0. The van der Waals surface area contributed by atoms with Crippen LogP contribution in [0.3, 0.4) is 0 Å². The summed E-state index contributed by atoms with van der Waals surface area (Å²) >= 11 is 8.68. The quantitative estimate of drug-likeness (QED) is 0.500. The van der Waals surface area contributed by atoms with E-state index in [1.165, 1.54) is 0 Å². The maximum Gasteiger partial charge on any atom is 0.272 e. The molecule has 0 spiro atoms. The van der Waals surface area contributed by atoms with Gasteiger partial charge in [0.25, 0.3) is 5.69 Å². The van der Waals surface area contributed by atoms with E-state index in [9.17, 15) is 14.3 Å². The summed E-state index contributed by atoms with van der Waals surface area (Å²) in [5.41, 5.74) is -0.378. The Morgan fingerprint density at radius 2 is 2.00 bits per heavy atom. The summed E-state index contributed by atoms with van der Waals surface area (Å²) in [5, 5.41) is 10.1. The highest BCUT2D eigenvalue weighted by Crippen LogP contribution is 2.32. The van der Waals surface area contributed by atoms with Gasteiger partial charge in [-0.1, -0.05) is 23.2 Å². The van der Waals surface area contributed by atoms with Crippen LogP contribution in [0.5, 0.6) is 0 Å². The first-order valence-electron chi connectivity index (χ1n) is 3.17. The van der Waals surface area contributed by atoms with E-state index >= 15 is 0 Å². The molecule has 0 saturated heterocycles. The molecule has 8 heteroatoms. The number of rotatable bonds is 2. The number of hydrogen-bond acceptors (Lipinski definition) is 3. The zero-order chi connectivity index (χ0) is 10.9. The van der Waals surface area contributed by atoms with Gasteiger partial charge in [-0.05, 0) is 0 Å². The normalized spacial score (nSPS) is 12.5. The van der Waals surface area contributed by atoms with Gasteiger partial charge in [0.2, 0.25) is 0 Å². The van der Waals surface area contributed by atoms with Crippen molar-refractivity contribution in [2.75, 3.05) is 0 Å². The van der Waals surface area contributed by atoms with Gasteiger partial charge in [0.15, 0.2) is 11.1 Å². The molecule has 0 radical (unpaired) electrons. The molecule has 1 aromatic carbocycles. The fourth-order valence-electron chi connectivity index (χ4n) is 0.783. The molecule has 0 aliphatic carbocycles. The first-order valence-corrected chi connectivity index (χ1v) is 5.04.